The van der Waals surface area contributed by atoms with E-state index in [4.69, 9.17) is 10.2 Å². The molecule has 7 nitrogen and oxygen atoms in total. The highest BCUT2D eigenvalue weighted by molar-refractivity contribution is 8.00. The van der Waals surface area contributed by atoms with Crippen LogP contribution in [0.5, 0.6) is 0 Å². The number of thioether (sulfide) groups is 2. The predicted molar refractivity (Wildman–Crippen MR) is 53.1 cm³/mol. The fourth-order valence-corrected chi connectivity index (χ4v) is 1.72. The summed E-state index contributed by atoms with van der Waals surface area (Å²) in [6, 6.07) is 0. The van der Waals surface area contributed by atoms with E-state index in [0.717, 1.165) is 23.5 Å². The van der Waals surface area contributed by atoms with Crippen LogP contribution in [0.15, 0.2) is 10.3 Å². The molecule has 0 aliphatic rings. The molecule has 0 saturated carbocycles. The van der Waals surface area contributed by atoms with E-state index in [1.807, 2.05) is 0 Å². The molecular weight excluding hydrogens is 242 g/mol. The SMILES string of the molecule is O=C(O)CSc1n[nH]c(SCC(=O)O)n1. The Kier molecular flexibility index (Phi) is 4.43. The van der Waals surface area contributed by atoms with Crippen LogP contribution in [0.3, 0.4) is 0 Å². The van der Waals surface area contributed by atoms with Gasteiger partial charge in [-0.3, -0.25) is 14.7 Å². The van der Waals surface area contributed by atoms with Crippen LogP contribution in [0.1, 0.15) is 0 Å². The molecule has 0 bridgehead atoms. The summed E-state index contributed by atoms with van der Waals surface area (Å²) in [5, 5.41) is 23.7. The summed E-state index contributed by atoms with van der Waals surface area (Å²) in [7, 11) is 0. The minimum absolute atomic E-state index is 0.113. The van der Waals surface area contributed by atoms with Gasteiger partial charge in [-0.25, -0.2) is 0 Å². The molecule has 1 aromatic heterocycles. The number of hydrogen-bond donors (Lipinski definition) is 3. The smallest absolute Gasteiger partial charge is 0.313 e. The highest BCUT2D eigenvalue weighted by Gasteiger charge is 2.07. The Hall–Kier alpha value is -1.22. The number of carboxylic acid groups (broad SMARTS) is 2. The molecule has 0 aliphatic carbocycles. The second-order valence-corrected chi connectivity index (χ2v) is 4.19. The Balaban J connectivity index is 2.41. The zero-order valence-corrected chi connectivity index (χ0v) is 8.97. The van der Waals surface area contributed by atoms with Crippen LogP contribution >= 0.6 is 23.5 Å². The van der Waals surface area contributed by atoms with Crippen LogP contribution < -0.4 is 0 Å². The first kappa shape index (κ1) is 11.9. The summed E-state index contributed by atoms with van der Waals surface area (Å²) in [6.45, 7) is 0. The first-order valence-corrected chi connectivity index (χ1v) is 5.66. The molecule has 1 rings (SSSR count). The lowest BCUT2D eigenvalue weighted by Crippen LogP contribution is -1.98. The number of rotatable bonds is 6. The van der Waals surface area contributed by atoms with E-state index in [9.17, 15) is 9.59 Å². The van der Waals surface area contributed by atoms with Gasteiger partial charge in [-0.05, 0) is 0 Å². The maximum atomic E-state index is 10.2. The third-order valence-corrected chi connectivity index (χ3v) is 2.78. The third kappa shape index (κ3) is 4.70. The minimum Gasteiger partial charge on any atom is -0.481 e. The standard InChI is InChI=1S/C6H7N3O4S2/c10-3(11)1-14-5-7-6(9-8-5)15-2-4(12)13/h1-2H2,(H,10,11)(H,12,13)(H,7,8,9). The van der Waals surface area contributed by atoms with Crippen molar-refractivity contribution in [1.29, 1.82) is 0 Å². The number of aliphatic carboxylic acids is 2. The molecule has 1 aromatic rings. The zero-order valence-electron chi connectivity index (χ0n) is 7.34. The molecule has 0 radical (unpaired) electrons. The molecule has 0 aromatic carbocycles. The molecule has 3 N–H and O–H groups in total. The number of hydrogen-bond acceptors (Lipinski definition) is 6. The number of H-pyrrole nitrogens is 1. The van der Waals surface area contributed by atoms with E-state index >= 15 is 0 Å². The molecule has 0 saturated heterocycles. The van der Waals surface area contributed by atoms with Gasteiger partial charge >= 0.3 is 11.9 Å². The fraction of sp³-hybridized carbons (Fsp3) is 0.333. The molecular formula is C6H7N3O4S2. The van der Waals surface area contributed by atoms with Gasteiger partial charge in [0, 0.05) is 0 Å². The van der Waals surface area contributed by atoms with Gasteiger partial charge in [-0.1, -0.05) is 23.5 Å². The summed E-state index contributed by atoms with van der Waals surface area (Å²) in [6.07, 6.45) is 0. The number of carbonyl (C=O) groups is 2. The van der Waals surface area contributed by atoms with Crippen molar-refractivity contribution in [2.75, 3.05) is 11.5 Å². The van der Waals surface area contributed by atoms with Gasteiger partial charge in [-0.2, -0.15) is 4.98 Å². The lowest BCUT2D eigenvalue weighted by Gasteiger charge is -1.90. The Bertz CT molecular complexity index is 335. The summed E-state index contributed by atoms with van der Waals surface area (Å²) in [4.78, 5) is 24.3. The highest BCUT2D eigenvalue weighted by Crippen LogP contribution is 2.17. The lowest BCUT2D eigenvalue weighted by molar-refractivity contribution is -0.134. The highest BCUT2D eigenvalue weighted by atomic mass is 32.2. The van der Waals surface area contributed by atoms with E-state index in [2.05, 4.69) is 15.2 Å². The van der Waals surface area contributed by atoms with Gasteiger partial charge in [-0.15, -0.1) is 5.10 Å². The van der Waals surface area contributed by atoms with E-state index in [0.29, 0.717) is 10.3 Å². The van der Waals surface area contributed by atoms with Crippen molar-refractivity contribution in [1.82, 2.24) is 15.2 Å². The molecule has 82 valence electrons. The van der Waals surface area contributed by atoms with Crippen molar-refractivity contribution < 1.29 is 19.8 Å². The Morgan fingerprint density at radius 3 is 2.40 bits per heavy atom. The van der Waals surface area contributed by atoms with Crippen LogP contribution in [0.4, 0.5) is 0 Å². The van der Waals surface area contributed by atoms with Crippen LogP contribution in [0, 0.1) is 0 Å². The maximum absolute atomic E-state index is 10.2. The van der Waals surface area contributed by atoms with E-state index in [-0.39, 0.29) is 11.5 Å². The zero-order chi connectivity index (χ0) is 11.3. The summed E-state index contributed by atoms with van der Waals surface area (Å²) in [5.41, 5.74) is 0. The molecule has 0 spiro atoms. The molecule has 0 atom stereocenters. The van der Waals surface area contributed by atoms with Crippen molar-refractivity contribution in [2.24, 2.45) is 0 Å². The van der Waals surface area contributed by atoms with Crippen molar-refractivity contribution in [3.8, 4) is 0 Å². The minimum atomic E-state index is -0.954. The molecule has 0 unspecified atom stereocenters. The summed E-state index contributed by atoms with van der Waals surface area (Å²) in [5.74, 6) is -2.14. The van der Waals surface area contributed by atoms with Gasteiger partial charge < -0.3 is 10.2 Å². The van der Waals surface area contributed by atoms with Crippen LogP contribution in [-0.2, 0) is 9.59 Å². The number of nitrogens with zero attached hydrogens (tertiary/aromatic N) is 2. The van der Waals surface area contributed by atoms with E-state index in [1.165, 1.54) is 0 Å². The van der Waals surface area contributed by atoms with Crippen LogP contribution in [0.2, 0.25) is 0 Å². The first-order chi connectivity index (χ1) is 7.08. The monoisotopic (exact) mass is 249 g/mol. The van der Waals surface area contributed by atoms with Gasteiger partial charge in [0.15, 0.2) is 5.16 Å². The molecule has 9 heteroatoms. The van der Waals surface area contributed by atoms with Crippen LogP contribution in [-0.4, -0.2) is 48.8 Å². The summed E-state index contributed by atoms with van der Waals surface area (Å²) >= 11 is 1.96. The first-order valence-electron chi connectivity index (χ1n) is 3.69. The van der Waals surface area contributed by atoms with Gasteiger partial charge in [0.2, 0.25) is 5.16 Å². The molecule has 1 heterocycles. The maximum Gasteiger partial charge on any atom is 0.313 e. The van der Waals surface area contributed by atoms with E-state index < -0.39 is 11.9 Å². The number of aromatic amines is 1. The van der Waals surface area contributed by atoms with Gasteiger partial charge in [0.1, 0.15) is 0 Å². The lowest BCUT2D eigenvalue weighted by atomic mass is 10.8. The molecule has 0 fully saturated rings. The molecule has 15 heavy (non-hydrogen) atoms. The van der Waals surface area contributed by atoms with Gasteiger partial charge in [0.05, 0.1) is 11.5 Å². The normalized spacial score (nSPS) is 10.1. The number of aromatic nitrogens is 3. The second kappa shape index (κ2) is 5.61. The third-order valence-electron chi connectivity index (χ3n) is 1.10. The van der Waals surface area contributed by atoms with Crippen molar-refractivity contribution in [2.45, 2.75) is 10.3 Å². The topological polar surface area (TPSA) is 116 Å². The van der Waals surface area contributed by atoms with Crippen LogP contribution in [0.25, 0.3) is 0 Å². The Labute approximate surface area is 92.7 Å². The largest absolute Gasteiger partial charge is 0.481 e. The van der Waals surface area contributed by atoms with Crippen molar-refractivity contribution in [3.63, 3.8) is 0 Å². The molecule has 0 aliphatic heterocycles. The average Bonchev–Trinajstić information content (AvgIpc) is 2.59. The van der Waals surface area contributed by atoms with Crippen molar-refractivity contribution >= 4 is 35.5 Å². The van der Waals surface area contributed by atoms with Gasteiger partial charge in [0.25, 0.3) is 0 Å². The quantitative estimate of drug-likeness (QED) is 0.610. The van der Waals surface area contributed by atoms with E-state index in [1.54, 1.807) is 0 Å². The molecule has 0 amide bonds. The Morgan fingerprint density at radius 2 is 1.80 bits per heavy atom. The summed E-state index contributed by atoms with van der Waals surface area (Å²) < 4.78 is 0. The Morgan fingerprint density at radius 1 is 1.20 bits per heavy atom. The average molecular weight is 249 g/mol. The number of carboxylic acids is 2. The second-order valence-electron chi connectivity index (χ2n) is 2.29. The fourth-order valence-electron chi connectivity index (χ4n) is 0.618. The van der Waals surface area contributed by atoms with Crippen molar-refractivity contribution in [3.05, 3.63) is 0 Å². The predicted octanol–water partition coefficient (Wildman–Crippen LogP) is 0.158. The number of nitrogens with one attached hydrogen (secondary N) is 1.